The smallest absolute Gasteiger partial charge is 0.170 e. The van der Waals surface area contributed by atoms with Crippen LogP contribution in [0.25, 0.3) is 0 Å². The van der Waals surface area contributed by atoms with Crippen LogP contribution in [-0.2, 0) is 13.1 Å². The monoisotopic (exact) mass is 402 g/mol. The predicted molar refractivity (Wildman–Crippen MR) is 113 cm³/mol. The summed E-state index contributed by atoms with van der Waals surface area (Å²) in [5, 5.41) is 16.5. The van der Waals surface area contributed by atoms with E-state index in [1.54, 1.807) is 6.20 Å². The van der Waals surface area contributed by atoms with Crippen molar-refractivity contribution in [3.05, 3.63) is 64.7 Å². The molecule has 27 heavy (non-hydrogen) atoms. The summed E-state index contributed by atoms with van der Waals surface area (Å²) in [4.78, 5) is 0. The molecule has 0 aliphatic rings. The van der Waals surface area contributed by atoms with Crippen molar-refractivity contribution in [3.8, 4) is 0 Å². The number of thiocarbonyl (C=S) groups is 1. The van der Waals surface area contributed by atoms with Crippen molar-refractivity contribution < 1.29 is 0 Å². The minimum atomic E-state index is 0.589. The van der Waals surface area contributed by atoms with Crippen molar-refractivity contribution in [2.45, 2.75) is 33.4 Å². The molecule has 2 heterocycles. The Hall–Kier alpha value is -2.38. The topological polar surface area (TPSA) is 59.7 Å². The van der Waals surface area contributed by atoms with Crippen molar-refractivity contribution in [1.29, 1.82) is 0 Å². The lowest BCUT2D eigenvalue weighted by molar-refractivity contribution is 0.558. The standard InChI is InChI=1S/C19H23ClN6S/c1-14-9-15(2)26(24-14)8-4-7-21-19(27)23-18-11-22-25(13-18)12-16-5-3-6-17(20)10-16/h3,5-6,9-11,13H,4,7-8,12H2,1-2H3,(H2,21,23,27). The molecule has 2 N–H and O–H groups in total. The van der Waals surface area contributed by atoms with Crippen LogP contribution in [0, 0.1) is 13.8 Å². The van der Waals surface area contributed by atoms with Gasteiger partial charge in [0.1, 0.15) is 0 Å². The summed E-state index contributed by atoms with van der Waals surface area (Å²) < 4.78 is 3.87. The van der Waals surface area contributed by atoms with Crippen LogP contribution in [0.2, 0.25) is 5.02 Å². The van der Waals surface area contributed by atoms with Crippen LogP contribution in [-0.4, -0.2) is 31.2 Å². The first-order chi connectivity index (χ1) is 13.0. The van der Waals surface area contributed by atoms with E-state index in [0.29, 0.717) is 11.7 Å². The molecular formula is C19H23ClN6S. The highest BCUT2D eigenvalue weighted by Crippen LogP contribution is 2.13. The highest BCUT2D eigenvalue weighted by atomic mass is 35.5. The van der Waals surface area contributed by atoms with Crippen LogP contribution < -0.4 is 10.6 Å². The molecule has 6 nitrogen and oxygen atoms in total. The molecule has 0 atom stereocenters. The van der Waals surface area contributed by atoms with E-state index in [0.717, 1.165) is 41.5 Å². The molecule has 0 fully saturated rings. The van der Waals surface area contributed by atoms with Crippen molar-refractivity contribution in [1.82, 2.24) is 24.9 Å². The predicted octanol–water partition coefficient (Wildman–Crippen LogP) is 3.77. The average Bonchev–Trinajstić information content (AvgIpc) is 3.17. The third kappa shape index (κ3) is 5.80. The van der Waals surface area contributed by atoms with Gasteiger partial charge in [-0.3, -0.25) is 9.36 Å². The molecule has 0 spiro atoms. The van der Waals surface area contributed by atoms with E-state index in [9.17, 15) is 0 Å². The fraction of sp³-hybridized carbons (Fsp3) is 0.316. The lowest BCUT2D eigenvalue weighted by atomic mass is 10.2. The Labute approximate surface area is 169 Å². The lowest BCUT2D eigenvalue weighted by Gasteiger charge is -2.09. The van der Waals surface area contributed by atoms with E-state index in [1.165, 1.54) is 5.69 Å². The van der Waals surface area contributed by atoms with Gasteiger partial charge in [0.15, 0.2) is 5.11 Å². The minimum absolute atomic E-state index is 0.589. The first-order valence-corrected chi connectivity index (χ1v) is 9.61. The fourth-order valence-electron chi connectivity index (χ4n) is 2.84. The van der Waals surface area contributed by atoms with Gasteiger partial charge in [-0.25, -0.2) is 0 Å². The summed E-state index contributed by atoms with van der Waals surface area (Å²) in [6.45, 7) is 6.38. The molecule has 142 valence electrons. The van der Waals surface area contributed by atoms with E-state index in [1.807, 2.05) is 46.7 Å². The summed E-state index contributed by atoms with van der Waals surface area (Å²) in [5.41, 5.74) is 4.18. The maximum Gasteiger partial charge on any atom is 0.170 e. The summed E-state index contributed by atoms with van der Waals surface area (Å²) in [6, 6.07) is 9.84. The van der Waals surface area contributed by atoms with Crippen LogP contribution in [0.15, 0.2) is 42.7 Å². The Morgan fingerprint density at radius 3 is 2.85 bits per heavy atom. The number of hydrogen-bond acceptors (Lipinski definition) is 3. The number of rotatable bonds is 7. The summed E-state index contributed by atoms with van der Waals surface area (Å²) in [5.74, 6) is 0. The number of aryl methyl sites for hydroxylation is 3. The highest BCUT2D eigenvalue weighted by molar-refractivity contribution is 7.80. The largest absolute Gasteiger partial charge is 0.362 e. The zero-order valence-corrected chi connectivity index (χ0v) is 17.0. The van der Waals surface area contributed by atoms with E-state index in [4.69, 9.17) is 23.8 Å². The SMILES string of the molecule is Cc1cc(C)n(CCCNC(=S)Nc2cnn(Cc3cccc(Cl)c3)c2)n1. The lowest BCUT2D eigenvalue weighted by Crippen LogP contribution is -2.29. The molecular weight excluding hydrogens is 380 g/mol. The molecule has 0 saturated heterocycles. The van der Waals surface area contributed by atoms with Gasteiger partial charge in [-0.2, -0.15) is 10.2 Å². The van der Waals surface area contributed by atoms with Crippen molar-refractivity contribution in [3.63, 3.8) is 0 Å². The maximum atomic E-state index is 6.02. The number of aromatic nitrogens is 4. The average molecular weight is 403 g/mol. The Balaban J connectivity index is 1.42. The first kappa shape index (κ1) is 19.4. The van der Waals surface area contributed by atoms with Gasteiger partial charge in [-0.15, -0.1) is 0 Å². The van der Waals surface area contributed by atoms with Gasteiger partial charge >= 0.3 is 0 Å². The van der Waals surface area contributed by atoms with Crippen molar-refractivity contribution in [2.75, 3.05) is 11.9 Å². The third-order valence-electron chi connectivity index (χ3n) is 4.06. The number of benzene rings is 1. The number of anilines is 1. The molecule has 3 rings (SSSR count). The minimum Gasteiger partial charge on any atom is -0.362 e. The summed E-state index contributed by atoms with van der Waals surface area (Å²) >= 11 is 11.4. The van der Waals surface area contributed by atoms with Gasteiger partial charge in [-0.1, -0.05) is 23.7 Å². The summed E-state index contributed by atoms with van der Waals surface area (Å²) in [7, 11) is 0. The van der Waals surface area contributed by atoms with Gasteiger partial charge in [0, 0.05) is 30.0 Å². The molecule has 8 heteroatoms. The Morgan fingerprint density at radius 2 is 2.11 bits per heavy atom. The van der Waals surface area contributed by atoms with Gasteiger partial charge in [0.2, 0.25) is 0 Å². The molecule has 0 amide bonds. The molecule has 0 unspecified atom stereocenters. The van der Waals surface area contributed by atoms with Crippen molar-refractivity contribution >= 4 is 34.6 Å². The fourth-order valence-corrected chi connectivity index (χ4v) is 3.28. The first-order valence-electron chi connectivity index (χ1n) is 8.82. The normalized spacial score (nSPS) is 10.8. The zero-order valence-electron chi connectivity index (χ0n) is 15.4. The van der Waals surface area contributed by atoms with Crippen LogP contribution in [0.4, 0.5) is 5.69 Å². The molecule has 0 aliphatic heterocycles. The zero-order chi connectivity index (χ0) is 19.2. The maximum absolute atomic E-state index is 6.02. The third-order valence-corrected chi connectivity index (χ3v) is 4.54. The second kappa shape index (κ2) is 9.01. The molecule has 3 aromatic rings. The van der Waals surface area contributed by atoms with Crippen LogP contribution in [0.1, 0.15) is 23.4 Å². The van der Waals surface area contributed by atoms with Crippen molar-refractivity contribution in [2.24, 2.45) is 0 Å². The molecule has 0 aliphatic carbocycles. The second-order valence-corrected chi connectivity index (χ2v) is 7.29. The quantitative estimate of drug-likeness (QED) is 0.465. The highest BCUT2D eigenvalue weighted by Gasteiger charge is 2.04. The number of halogens is 1. The van der Waals surface area contributed by atoms with Crippen LogP contribution in [0.3, 0.4) is 0 Å². The van der Waals surface area contributed by atoms with E-state index < -0.39 is 0 Å². The van der Waals surface area contributed by atoms with E-state index in [-0.39, 0.29) is 0 Å². The molecule has 0 radical (unpaired) electrons. The second-order valence-electron chi connectivity index (χ2n) is 6.44. The summed E-state index contributed by atoms with van der Waals surface area (Å²) in [6.07, 6.45) is 4.62. The molecule has 0 saturated carbocycles. The van der Waals surface area contributed by atoms with Crippen LogP contribution >= 0.6 is 23.8 Å². The van der Waals surface area contributed by atoms with E-state index >= 15 is 0 Å². The van der Waals surface area contributed by atoms with Gasteiger partial charge < -0.3 is 10.6 Å². The Morgan fingerprint density at radius 1 is 1.26 bits per heavy atom. The number of nitrogens with zero attached hydrogens (tertiary/aromatic N) is 4. The number of nitrogens with one attached hydrogen (secondary N) is 2. The molecule has 0 bridgehead atoms. The van der Waals surface area contributed by atoms with Gasteiger partial charge in [-0.05, 0) is 56.2 Å². The van der Waals surface area contributed by atoms with Crippen LogP contribution in [0.5, 0.6) is 0 Å². The number of hydrogen-bond donors (Lipinski definition) is 2. The van der Waals surface area contributed by atoms with Gasteiger partial charge in [0.25, 0.3) is 0 Å². The van der Waals surface area contributed by atoms with E-state index in [2.05, 4.69) is 33.8 Å². The Bertz CT molecular complexity index is 917. The Kier molecular flexibility index (Phi) is 6.47. The molecule has 2 aromatic heterocycles. The van der Waals surface area contributed by atoms with Gasteiger partial charge in [0.05, 0.1) is 24.1 Å². The molecule has 1 aromatic carbocycles.